The maximum absolute atomic E-state index is 13.2. The van der Waals surface area contributed by atoms with E-state index in [-0.39, 0.29) is 17.7 Å². The Morgan fingerprint density at radius 1 is 1.04 bits per heavy atom. The molecule has 0 aliphatic carbocycles. The predicted octanol–water partition coefficient (Wildman–Crippen LogP) is 5.01. The smallest absolute Gasteiger partial charge is 0.257 e. The van der Waals surface area contributed by atoms with Gasteiger partial charge in [0.2, 0.25) is 0 Å². The average molecular weight is 360 g/mol. The highest BCUT2D eigenvalue weighted by Crippen LogP contribution is 2.32. The van der Waals surface area contributed by atoms with E-state index < -0.39 is 0 Å². The fourth-order valence-electron chi connectivity index (χ4n) is 3.46. The molecule has 1 amide bonds. The number of rotatable bonds is 4. The number of halogens is 1. The Morgan fingerprint density at radius 3 is 2.16 bits per heavy atom. The van der Waals surface area contributed by atoms with Crippen LogP contribution in [0.3, 0.4) is 0 Å². The van der Waals surface area contributed by atoms with Gasteiger partial charge in [-0.1, -0.05) is 39.3 Å². The van der Waals surface area contributed by atoms with Crippen LogP contribution in [0.15, 0.2) is 24.3 Å². The summed E-state index contributed by atoms with van der Waals surface area (Å²) in [6.07, 6.45) is 2.18. The van der Waals surface area contributed by atoms with E-state index in [4.69, 9.17) is 16.7 Å². The molecule has 1 aliphatic rings. The molecule has 1 fully saturated rings. The molecule has 2 heterocycles. The fraction of sp³-hybridized carbons (Fsp3) is 0.500. The number of benzene rings is 1. The number of carbonyl (C=O) groups excluding carboxylic acids is 1. The van der Waals surface area contributed by atoms with E-state index >= 15 is 0 Å². The third kappa shape index (κ3) is 3.45. The van der Waals surface area contributed by atoms with Gasteiger partial charge in [-0.15, -0.1) is 0 Å². The molecule has 1 aliphatic heterocycles. The Morgan fingerprint density at radius 2 is 1.64 bits per heavy atom. The van der Waals surface area contributed by atoms with Crippen molar-refractivity contribution in [2.24, 2.45) is 0 Å². The number of hydrogen-bond acceptors (Lipinski definition) is 2. The molecule has 4 nitrogen and oxygen atoms in total. The summed E-state index contributed by atoms with van der Waals surface area (Å²) in [5.41, 5.74) is 3.61. The molecule has 0 spiro atoms. The second-order valence-corrected chi connectivity index (χ2v) is 7.78. The van der Waals surface area contributed by atoms with Gasteiger partial charge in [-0.05, 0) is 48.9 Å². The number of carbonyl (C=O) groups is 1. The summed E-state index contributed by atoms with van der Waals surface area (Å²) >= 11 is 6.03. The van der Waals surface area contributed by atoms with Crippen molar-refractivity contribution in [2.45, 2.75) is 52.4 Å². The van der Waals surface area contributed by atoms with Crippen LogP contribution < -0.4 is 0 Å². The molecule has 134 valence electrons. The maximum Gasteiger partial charge on any atom is 0.257 e. The standard InChI is InChI=1S/C20H26ClN3O/c1-13(2)18-17(20(25)23-11-5-6-12-23)19(14(3)4)24(22-18)16-9-7-15(21)8-10-16/h7-10,13-14H,5-6,11-12H2,1-4H3. The molecule has 0 saturated carbocycles. The van der Waals surface area contributed by atoms with E-state index in [0.717, 1.165) is 48.6 Å². The summed E-state index contributed by atoms with van der Waals surface area (Å²) in [6.45, 7) is 10.1. The first kappa shape index (κ1) is 18.0. The van der Waals surface area contributed by atoms with Crippen LogP contribution in [0.2, 0.25) is 5.02 Å². The molecule has 2 aromatic rings. The minimum Gasteiger partial charge on any atom is -0.339 e. The molecule has 1 aromatic carbocycles. The Labute approximate surface area is 154 Å². The lowest BCUT2D eigenvalue weighted by Gasteiger charge is -2.19. The van der Waals surface area contributed by atoms with Gasteiger partial charge in [0.25, 0.3) is 5.91 Å². The zero-order valence-electron chi connectivity index (χ0n) is 15.4. The first-order chi connectivity index (χ1) is 11.9. The third-order valence-electron chi connectivity index (χ3n) is 4.72. The van der Waals surface area contributed by atoms with Crippen molar-refractivity contribution < 1.29 is 4.79 Å². The molecule has 3 rings (SSSR count). The van der Waals surface area contributed by atoms with Crippen LogP contribution in [0, 0.1) is 0 Å². The summed E-state index contributed by atoms with van der Waals surface area (Å²) < 4.78 is 1.93. The van der Waals surface area contributed by atoms with Crippen LogP contribution in [-0.4, -0.2) is 33.7 Å². The quantitative estimate of drug-likeness (QED) is 0.769. The van der Waals surface area contributed by atoms with Crippen molar-refractivity contribution >= 4 is 17.5 Å². The second-order valence-electron chi connectivity index (χ2n) is 7.34. The lowest BCUT2D eigenvalue weighted by atomic mass is 9.97. The van der Waals surface area contributed by atoms with E-state index in [1.165, 1.54) is 0 Å². The molecule has 1 saturated heterocycles. The van der Waals surface area contributed by atoms with Gasteiger partial charge in [-0.3, -0.25) is 4.79 Å². The number of aromatic nitrogens is 2. The summed E-state index contributed by atoms with van der Waals surface area (Å²) in [6, 6.07) is 7.63. The number of amides is 1. The maximum atomic E-state index is 13.2. The average Bonchev–Trinajstić information content (AvgIpc) is 3.22. The van der Waals surface area contributed by atoms with Crippen LogP contribution in [0.25, 0.3) is 5.69 Å². The Balaban J connectivity index is 2.17. The van der Waals surface area contributed by atoms with Crippen LogP contribution in [-0.2, 0) is 0 Å². The topological polar surface area (TPSA) is 38.1 Å². The lowest BCUT2D eigenvalue weighted by molar-refractivity contribution is 0.0789. The van der Waals surface area contributed by atoms with Crippen molar-refractivity contribution in [3.05, 3.63) is 46.2 Å². The summed E-state index contributed by atoms with van der Waals surface area (Å²) in [5.74, 6) is 0.509. The van der Waals surface area contributed by atoms with E-state index in [0.29, 0.717) is 5.02 Å². The summed E-state index contributed by atoms with van der Waals surface area (Å²) in [7, 11) is 0. The zero-order chi connectivity index (χ0) is 18.1. The van der Waals surface area contributed by atoms with Gasteiger partial charge in [-0.25, -0.2) is 4.68 Å². The normalized spacial score (nSPS) is 14.8. The first-order valence-electron chi connectivity index (χ1n) is 9.08. The van der Waals surface area contributed by atoms with E-state index in [2.05, 4.69) is 27.7 Å². The third-order valence-corrected chi connectivity index (χ3v) is 4.97. The Kier molecular flexibility index (Phi) is 5.19. The monoisotopic (exact) mass is 359 g/mol. The van der Waals surface area contributed by atoms with Crippen LogP contribution in [0.5, 0.6) is 0 Å². The van der Waals surface area contributed by atoms with Gasteiger partial charge < -0.3 is 4.90 Å². The second kappa shape index (κ2) is 7.20. The molecule has 5 heteroatoms. The molecular weight excluding hydrogens is 334 g/mol. The van der Waals surface area contributed by atoms with Crippen LogP contribution in [0.4, 0.5) is 0 Å². The molecule has 0 radical (unpaired) electrons. The van der Waals surface area contributed by atoms with Gasteiger partial charge in [0.1, 0.15) is 0 Å². The highest BCUT2D eigenvalue weighted by atomic mass is 35.5. The van der Waals surface area contributed by atoms with Gasteiger partial charge >= 0.3 is 0 Å². The zero-order valence-corrected chi connectivity index (χ0v) is 16.2. The van der Waals surface area contributed by atoms with Gasteiger partial charge in [0, 0.05) is 18.1 Å². The van der Waals surface area contributed by atoms with Crippen LogP contribution >= 0.6 is 11.6 Å². The SMILES string of the molecule is CC(C)c1nn(-c2ccc(Cl)cc2)c(C(C)C)c1C(=O)N1CCCC1. The van der Waals surface area contributed by atoms with Crippen LogP contribution in [0.1, 0.15) is 74.1 Å². The molecule has 0 N–H and O–H groups in total. The lowest BCUT2D eigenvalue weighted by Crippen LogP contribution is -2.29. The summed E-state index contributed by atoms with van der Waals surface area (Å²) in [4.78, 5) is 15.2. The van der Waals surface area contributed by atoms with Crippen molar-refractivity contribution in [1.29, 1.82) is 0 Å². The first-order valence-corrected chi connectivity index (χ1v) is 9.46. The molecule has 25 heavy (non-hydrogen) atoms. The van der Waals surface area contributed by atoms with Gasteiger partial charge in [-0.2, -0.15) is 5.10 Å². The highest BCUT2D eigenvalue weighted by Gasteiger charge is 2.31. The minimum absolute atomic E-state index is 0.130. The van der Waals surface area contributed by atoms with Crippen molar-refractivity contribution in [2.75, 3.05) is 13.1 Å². The Bertz CT molecular complexity index is 756. The molecule has 1 aromatic heterocycles. The van der Waals surface area contributed by atoms with Gasteiger partial charge in [0.05, 0.1) is 22.6 Å². The molecular formula is C20H26ClN3O. The minimum atomic E-state index is 0.130. The largest absolute Gasteiger partial charge is 0.339 e. The fourth-order valence-corrected chi connectivity index (χ4v) is 3.59. The van der Waals surface area contributed by atoms with E-state index in [9.17, 15) is 4.79 Å². The molecule has 0 unspecified atom stereocenters. The van der Waals surface area contributed by atoms with Crippen molar-refractivity contribution in [1.82, 2.24) is 14.7 Å². The van der Waals surface area contributed by atoms with Crippen molar-refractivity contribution in [3.8, 4) is 5.69 Å². The van der Waals surface area contributed by atoms with E-state index in [1.54, 1.807) is 0 Å². The van der Waals surface area contributed by atoms with E-state index in [1.807, 2.05) is 33.8 Å². The van der Waals surface area contributed by atoms with Gasteiger partial charge in [0.15, 0.2) is 0 Å². The number of likely N-dealkylation sites (tertiary alicyclic amines) is 1. The predicted molar refractivity (Wildman–Crippen MR) is 102 cm³/mol. The number of hydrogen-bond donors (Lipinski definition) is 0. The Hall–Kier alpha value is -1.81. The molecule has 0 bridgehead atoms. The van der Waals surface area contributed by atoms with Crippen molar-refractivity contribution in [3.63, 3.8) is 0 Å². The molecule has 0 atom stereocenters. The highest BCUT2D eigenvalue weighted by molar-refractivity contribution is 6.30. The summed E-state index contributed by atoms with van der Waals surface area (Å²) in [5, 5.41) is 5.54. The number of nitrogens with zero attached hydrogens (tertiary/aromatic N) is 3.